The van der Waals surface area contributed by atoms with Crippen molar-refractivity contribution in [1.82, 2.24) is 4.98 Å². The Bertz CT molecular complexity index is 1130. The number of nitrogens with one attached hydrogen (secondary N) is 2. The van der Waals surface area contributed by atoms with E-state index in [9.17, 15) is 9.59 Å². The quantitative estimate of drug-likeness (QED) is 0.308. The lowest BCUT2D eigenvalue weighted by Crippen LogP contribution is -2.09. The van der Waals surface area contributed by atoms with E-state index in [1.807, 2.05) is 50.3 Å². The molecule has 6 heteroatoms. The van der Waals surface area contributed by atoms with Crippen molar-refractivity contribution in [3.63, 3.8) is 0 Å². The van der Waals surface area contributed by atoms with Crippen molar-refractivity contribution in [2.75, 3.05) is 5.32 Å². The van der Waals surface area contributed by atoms with Crippen molar-refractivity contribution < 1.29 is 14.3 Å². The molecule has 0 saturated carbocycles. The maximum absolute atomic E-state index is 12.5. The summed E-state index contributed by atoms with van der Waals surface area (Å²) in [4.78, 5) is 27.7. The average molecular weight is 451 g/mol. The molecule has 2 aromatic carbocycles. The monoisotopic (exact) mass is 450 g/mol. The van der Waals surface area contributed by atoms with Crippen LogP contribution in [0.3, 0.4) is 0 Å². The standard InChI is InChI=1S/C23H19BrN2O3/c1-13(2)17-5-3-14(10-21(17)29-23(28)15-7-8-25-12-15)9-19-18-11-16(24)4-6-20(18)26-22(19)27/h3-13,25H,1-2H3,(H,26,27). The summed E-state index contributed by atoms with van der Waals surface area (Å²) in [6, 6.07) is 13.0. The molecular weight excluding hydrogens is 432 g/mol. The molecule has 0 fully saturated rings. The number of esters is 1. The van der Waals surface area contributed by atoms with Gasteiger partial charge in [0.05, 0.1) is 5.56 Å². The van der Waals surface area contributed by atoms with Gasteiger partial charge in [-0.25, -0.2) is 4.79 Å². The van der Waals surface area contributed by atoms with E-state index >= 15 is 0 Å². The SMILES string of the molecule is CC(C)c1ccc(C=C2C(=O)Nc3ccc(Br)cc32)cc1OC(=O)c1cc[nH]c1. The molecule has 0 spiro atoms. The van der Waals surface area contributed by atoms with Gasteiger partial charge in [0.25, 0.3) is 5.91 Å². The Balaban J connectivity index is 1.72. The van der Waals surface area contributed by atoms with Gasteiger partial charge >= 0.3 is 5.97 Å². The van der Waals surface area contributed by atoms with Crippen LogP contribution in [0.1, 0.15) is 46.8 Å². The van der Waals surface area contributed by atoms with Crippen LogP contribution in [0, 0.1) is 0 Å². The molecule has 5 nitrogen and oxygen atoms in total. The minimum Gasteiger partial charge on any atom is -0.423 e. The van der Waals surface area contributed by atoms with E-state index < -0.39 is 5.97 Å². The van der Waals surface area contributed by atoms with Gasteiger partial charge in [0.1, 0.15) is 5.75 Å². The van der Waals surface area contributed by atoms with Crippen LogP contribution in [-0.4, -0.2) is 16.9 Å². The van der Waals surface area contributed by atoms with Crippen LogP contribution >= 0.6 is 15.9 Å². The number of hydrogen-bond donors (Lipinski definition) is 2. The molecule has 1 aromatic heterocycles. The number of aromatic nitrogens is 1. The lowest BCUT2D eigenvalue weighted by molar-refractivity contribution is -0.110. The van der Waals surface area contributed by atoms with Gasteiger partial charge in [-0.2, -0.15) is 0 Å². The van der Waals surface area contributed by atoms with Gasteiger partial charge in [0.2, 0.25) is 0 Å². The number of carbonyl (C=O) groups is 2. The van der Waals surface area contributed by atoms with Gasteiger partial charge in [-0.1, -0.05) is 41.9 Å². The highest BCUT2D eigenvalue weighted by Gasteiger charge is 2.24. The van der Waals surface area contributed by atoms with Gasteiger partial charge in [0, 0.05) is 33.7 Å². The summed E-state index contributed by atoms with van der Waals surface area (Å²) in [5.41, 5.74) is 4.35. The Morgan fingerprint density at radius 2 is 1.97 bits per heavy atom. The molecule has 4 rings (SSSR count). The second-order valence-electron chi connectivity index (χ2n) is 7.14. The number of fused-ring (bicyclic) bond motifs is 1. The molecule has 0 radical (unpaired) electrons. The number of H-pyrrole nitrogens is 1. The summed E-state index contributed by atoms with van der Waals surface area (Å²) in [5.74, 6) is 0.0911. The molecular formula is C23H19BrN2O3. The molecule has 1 amide bonds. The summed E-state index contributed by atoms with van der Waals surface area (Å²) in [7, 11) is 0. The smallest absolute Gasteiger partial charge is 0.345 e. The minimum atomic E-state index is -0.425. The van der Waals surface area contributed by atoms with Gasteiger partial charge in [-0.3, -0.25) is 4.79 Å². The van der Waals surface area contributed by atoms with E-state index in [2.05, 4.69) is 26.2 Å². The van der Waals surface area contributed by atoms with Crippen LogP contribution in [-0.2, 0) is 4.79 Å². The Morgan fingerprint density at radius 3 is 2.69 bits per heavy atom. The molecule has 146 valence electrons. The number of rotatable bonds is 4. The molecule has 29 heavy (non-hydrogen) atoms. The number of hydrogen-bond acceptors (Lipinski definition) is 3. The molecule has 3 aromatic rings. The maximum Gasteiger partial charge on any atom is 0.345 e. The van der Waals surface area contributed by atoms with Crippen LogP contribution in [0.4, 0.5) is 5.69 Å². The van der Waals surface area contributed by atoms with Crippen LogP contribution in [0.2, 0.25) is 0 Å². The second-order valence-corrected chi connectivity index (χ2v) is 8.06. The zero-order chi connectivity index (χ0) is 20.5. The lowest BCUT2D eigenvalue weighted by atomic mass is 9.98. The topological polar surface area (TPSA) is 71.2 Å². The largest absolute Gasteiger partial charge is 0.423 e. The van der Waals surface area contributed by atoms with Gasteiger partial charge < -0.3 is 15.0 Å². The Hall–Kier alpha value is -3.12. The van der Waals surface area contributed by atoms with Crippen LogP contribution < -0.4 is 10.1 Å². The first-order valence-electron chi connectivity index (χ1n) is 9.24. The van der Waals surface area contributed by atoms with Gasteiger partial charge in [-0.15, -0.1) is 0 Å². The summed E-state index contributed by atoms with van der Waals surface area (Å²) in [6.07, 6.45) is 5.08. The fourth-order valence-corrected chi connectivity index (χ4v) is 3.65. The zero-order valence-electron chi connectivity index (χ0n) is 16.0. The van der Waals surface area contributed by atoms with Crippen molar-refractivity contribution in [2.45, 2.75) is 19.8 Å². The lowest BCUT2D eigenvalue weighted by Gasteiger charge is -2.13. The number of ether oxygens (including phenoxy) is 1. The molecule has 0 unspecified atom stereocenters. The van der Waals surface area contributed by atoms with Crippen LogP contribution in [0.15, 0.2) is 59.3 Å². The number of halogens is 1. The van der Waals surface area contributed by atoms with E-state index in [-0.39, 0.29) is 11.8 Å². The Morgan fingerprint density at radius 1 is 1.14 bits per heavy atom. The molecule has 0 aliphatic carbocycles. The number of amides is 1. The first kappa shape index (κ1) is 19.2. The first-order valence-corrected chi connectivity index (χ1v) is 10.0. The highest BCUT2D eigenvalue weighted by atomic mass is 79.9. The minimum absolute atomic E-state index is 0.156. The van der Waals surface area contributed by atoms with Gasteiger partial charge in [0.15, 0.2) is 0 Å². The van der Waals surface area contributed by atoms with E-state index in [1.54, 1.807) is 24.5 Å². The van der Waals surface area contributed by atoms with Gasteiger partial charge in [-0.05, 0) is 53.5 Å². The highest BCUT2D eigenvalue weighted by molar-refractivity contribution is 9.10. The van der Waals surface area contributed by atoms with E-state index in [1.165, 1.54) is 0 Å². The second kappa shape index (κ2) is 7.72. The van der Waals surface area contributed by atoms with Crippen molar-refractivity contribution in [1.29, 1.82) is 0 Å². The molecule has 0 saturated heterocycles. The Kier molecular flexibility index (Phi) is 5.11. The molecule has 2 heterocycles. The Labute approximate surface area is 176 Å². The highest BCUT2D eigenvalue weighted by Crippen LogP contribution is 2.36. The predicted octanol–water partition coefficient (Wildman–Crippen LogP) is 5.61. The summed E-state index contributed by atoms with van der Waals surface area (Å²) in [5, 5.41) is 2.87. The van der Waals surface area contributed by atoms with Crippen molar-refractivity contribution in [3.8, 4) is 5.75 Å². The van der Waals surface area contributed by atoms with Crippen molar-refractivity contribution in [2.24, 2.45) is 0 Å². The number of aromatic amines is 1. The summed E-state index contributed by atoms with van der Waals surface area (Å²) in [6.45, 7) is 4.08. The van der Waals surface area contributed by atoms with Crippen molar-refractivity contribution >= 4 is 45.1 Å². The zero-order valence-corrected chi connectivity index (χ0v) is 17.5. The number of carbonyl (C=O) groups excluding carboxylic acids is 2. The van der Waals surface area contributed by atoms with E-state index in [0.29, 0.717) is 16.9 Å². The van der Waals surface area contributed by atoms with Crippen LogP contribution in [0.25, 0.3) is 11.6 Å². The first-order chi connectivity index (χ1) is 13.9. The fourth-order valence-electron chi connectivity index (χ4n) is 3.29. The molecule has 1 aliphatic heterocycles. The van der Waals surface area contributed by atoms with Crippen molar-refractivity contribution in [3.05, 3.63) is 81.6 Å². The number of benzene rings is 2. The third-order valence-electron chi connectivity index (χ3n) is 4.77. The molecule has 1 aliphatic rings. The fraction of sp³-hybridized carbons (Fsp3) is 0.130. The maximum atomic E-state index is 12.5. The predicted molar refractivity (Wildman–Crippen MR) is 117 cm³/mol. The van der Waals surface area contributed by atoms with Crippen LogP contribution in [0.5, 0.6) is 5.75 Å². The third-order valence-corrected chi connectivity index (χ3v) is 5.26. The number of anilines is 1. The third kappa shape index (κ3) is 3.89. The summed E-state index contributed by atoms with van der Waals surface area (Å²) >= 11 is 3.45. The van der Waals surface area contributed by atoms with E-state index in [0.717, 1.165) is 26.9 Å². The molecule has 0 bridgehead atoms. The van der Waals surface area contributed by atoms with E-state index in [4.69, 9.17) is 4.74 Å². The average Bonchev–Trinajstić information content (AvgIpc) is 3.31. The normalized spacial score (nSPS) is 14.2. The summed E-state index contributed by atoms with van der Waals surface area (Å²) < 4.78 is 6.57. The molecule has 0 atom stereocenters. The molecule has 2 N–H and O–H groups in total.